The van der Waals surface area contributed by atoms with Crippen LogP contribution in [0, 0.1) is 11.8 Å². The van der Waals surface area contributed by atoms with Gasteiger partial charge in [-0.05, 0) is 42.7 Å². The highest BCUT2D eigenvalue weighted by Crippen LogP contribution is 2.37. The Labute approximate surface area is 90.5 Å². The van der Waals surface area contributed by atoms with Crippen LogP contribution in [0.5, 0.6) is 0 Å². The molecule has 0 aliphatic heterocycles. The van der Waals surface area contributed by atoms with Gasteiger partial charge in [-0.15, -0.1) is 0 Å². The monoisotopic (exact) mass is 200 g/mol. The van der Waals surface area contributed by atoms with E-state index in [9.17, 15) is 4.79 Å². The van der Waals surface area contributed by atoms with Crippen molar-refractivity contribution in [2.45, 2.75) is 32.1 Å². The summed E-state index contributed by atoms with van der Waals surface area (Å²) in [6, 6.07) is 8.62. The maximum atomic E-state index is 11.8. The van der Waals surface area contributed by atoms with Gasteiger partial charge in [-0.2, -0.15) is 0 Å². The first kappa shape index (κ1) is 9.14. The van der Waals surface area contributed by atoms with Crippen molar-refractivity contribution < 1.29 is 4.79 Å². The lowest BCUT2D eigenvalue weighted by atomic mass is 9.68. The Bertz CT molecular complexity index is 394. The molecule has 78 valence electrons. The minimum atomic E-state index is 0.341. The molecule has 0 unspecified atom stereocenters. The number of hydrogen-bond acceptors (Lipinski definition) is 1. The molecule has 0 aromatic heterocycles. The molecular weight excluding hydrogens is 184 g/mol. The lowest BCUT2D eigenvalue weighted by Crippen LogP contribution is -2.34. The van der Waals surface area contributed by atoms with Crippen molar-refractivity contribution in [2.24, 2.45) is 11.8 Å². The van der Waals surface area contributed by atoms with Crippen molar-refractivity contribution >= 4 is 5.78 Å². The number of carbonyl (C=O) groups excluding carboxylic acids is 1. The minimum Gasteiger partial charge on any atom is -0.299 e. The highest BCUT2D eigenvalue weighted by molar-refractivity contribution is 5.82. The number of carbonyl (C=O) groups is 1. The van der Waals surface area contributed by atoms with Crippen molar-refractivity contribution in [3.05, 3.63) is 35.4 Å². The van der Waals surface area contributed by atoms with Gasteiger partial charge in [0.25, 0.3) is 0 Å². The van der Waals surface area contributed by atoms with Crippen molar-refractivity contribution in [1.29, 1.82) is 0 Å². The van der Waals surface area contributed by atoms with Crippen LogP contribution in [0.1, 0.15) is 30.4 Å². The molecule has 1 nitrogen and oxygen atoms in total. The van der Waals surface area contributed by atoms with Gasteiger partial charge in [0, 0.05) is 12.3 Å². The zero-order chi connectivity index (χ0) is 10.3. The number of hydrogen-bond donors (Lipinski definition) is 0. The van der Waals surface area contributed by atoms with Crippen molar-refractivity contribution in [3.63, 3.8) is 0 Å². The van der Waals surface area contributed by atoms with Crippen LogP contribution in [-0.4, -0.2) is 5.78 Å². The number of rotatable bonds is 0. The topological polar surface area (TPSA) is 17.1 Å². The molecule has 3 rings (SSSR count). The van der Waals surface area contributed by atoms with E-state index in [1.165, 1.54) is 17.5 Å². The summed E-state index contributed by atoms with van der Waals surface area (Å²) in [5.41, 5.74) is 2.89. The van der Waals surface area contributed by atoms with Crippen LogP contribution in [-0.2, 0) is 17.6 Å². The fraction of sp³-hybridized carbons (Fsp3) is 0.500. The molecule has 0 N–H and O–H groups in total. The second-order valence-corrected chi connectivity index (χ2v) is 4.90. The van der Waals surface area contributed by atoms with E-state index in [1.807, 2.05) is 0 Å². The molecule has 1 fully saturated rings. The van der Waals surface area contributed by atoms with E-state index >= 15 is 0 Å². The summed E-state index contributed by atoms with van der Waals surface area (Å²) in [4.78, 5) is 11.8. The summed E-state index contributed by atoms with van der Waals surface area (Å²) in [7, 11) is 0. The molecular formula is C14H16O. The van der Waals surface area contributed by atoms with Gasteiger partial charge in [-0.25, -0.2) is 0 Å². The number of fused-ring (bicyclic) bond motifs is 2. The number of ketones is 1. The van der Waals surface area contributed by atoms with Crippen LogP contribution in [0.4, 0.5) is 0 Å². The highest BCUT2D eigenvalue weighted by Gasteiger charge is 2.35. The zero-order valence-electron chi connectivity index (χ0n) is 8.91. The van der Waals surface area contributed by atoms with E-state index in [2.05, 4.69) is 24.3 Å². The Morgan fingerprint density at radius 1 is 1.07 bits per heavy atom. The van der Waals surface area contributed by atoms with E-state index in [0.717, 1.165) is 25.7 Å². The maximum Gasteiger partial charge on any atom is 0.136 e. The normalized spacial score (nSPS) is 29.5. The second kappa shape index (κ2) is 3.48. The van der Waals surface area contributed by atoms with Gasteiger partial charge in [0.1, 0.15) is 5.78 Å². The molecule has 2 atom stereocenters. The summed E-state index contributed by atoms with van der Waals surface area (Å²) in [6.45, 7) is 0. The van der Waals surface area contributed by atoms with Gasteiger partial charge >= 0.3 is 0 Å². The van der Waals surface area contributed by atoms with E-state index in [1.54, 1.807) is 0 Å². The maximum absolute atomic E-state index is 11.8. The SMILES string of the molecule is O=C1CCC[C@@H]2Cc3ccccc3C[C@H]12. The third-order valence-electron chi connectivity index (χ3n) is 4.02. The molecule has 0 heterocycles. The van der Waals surface area contributed by atoms with Gasteiger partial charge in [0.05, 0.1) is 0 Å². The van der Waals surface area contributed by atoms with Crippen LogP contribution >= 0.6 is 0 Å². The molecule has 0 saturated heterocycles. The zero-order valence-corrected chi connectivity index (χ0v) is 8.91. The average Bonchev–Trinajstić information content (AvgIpc) is 2.27. The summed E-state index contributed by atoms with van der Waals surface area (Å²) >= 11 is 0. The first-order valence-corrected chi connectivity index (χ1v) is 5.94. The lowest BCUT2D eigenvalue weighted by Gasteiger charge is -2.35. The molecule has 1 heteroatoms. The van der Waals surface area contributed by atoms with E-state index in [-0.39, 0.29) is 0 Å². The Kier molecular flexibility index (Phi) is 2.12. The summed E-state index contributed by atoms with van der Waals surface area (Å²) in [5.74, 6) is 1.50. The minimum absolute atomic E-state index is 0.341. The molecule has 0 bridgehead atoms. The van der Waals surface area contributed by atoms with Crippen LogP contribution in [0.25, 0.3) is 0 Å². The van der Waals surface area contributed by atoms with Crippen molar-refractivity contribution in [1.82, 2.24) is 0 Å². The third kappa shape index (κ3) is 1.50. The standard InChI is InChI=1S/C14H16O/c15-14-7-3-6-12-8-10-4-1-2-5-11(10)9-13(12)14/h1-2,4-5,12-13H,3,6-9H2/t12-,13+/m1/s1. The molecule has 0 spiro atoms. The van der Waals surface area contributed by atoms with Crippen LogP contribution in [0.3, 0.4) is 0 Å². The van der Waals surface area contributed by atoms with Gasteiger partial charge < -0.3 is 0 Å². The fourth-order valence-electron chi connectivity index (χ4n) is 3.19. The molecule has 2 aliphatic rings. The molecule has 2 aliphatic carbocycles. The molecule has 15 heavy (non-hydrogen) atoms. The Morgan fingerprint density at radius 2 is 1.80 bits per heavy atom. The first-order chi connectivity index (χ1) is 7.34. The number of Topliss-reactive ketones (excluding diaryl/α,β-unsaturated/α-hetero) is 1. The Morgan fingerprint density at radius 3 is 2.60 bits per heavy atom. The van der Waals surface area contributed by atoms with Crippen LogP contribution in [0.15, 0.2) is 24.3 Å². The molecule has 0 radical (unpaired) electrons. The molecule has 0 amide bonds. The first-order valence-electron chi connectivity index (χ1n) is 5.94. The molecule has 1 aromatic rings. The van der Waals surface area contributed by atoms with E-state index in [0.29, 0.717) is 17.6 Å². The van der Waals surface area contributed by atoms with Gasteiger partial charge in [0.15, 0.2) is 0 Å². The van der Waals surface area contributed by atoms with Crippen LogP contribution in [0.2, 0.25) is 0 Å². The second-order valence-electron chi connectivity index (χ2n) is 4.90. The molecule has 1 saturated carbocycles. The quantitative estimate of drug-likeness (QED) is 0.629. The summed E-state index contributed by atoms with van der Waals surface area (Å²) in [5, 5.41) is 0. The predicted molar refractivity (Wildman–Crippen MR) is 59.7 cm³/mol. The Hall–Kier alpha value is -1.11. The van der Waals surface area contributed by atoms with Crippen LogP contribution < -0.4 is 0 Å². The largest absolute Gasteiger partial charge is 0.299 e. The summed E-state index contributed by atoms with van der Waals surface area (Å²) in [6.07, 6.45) is 5.32. The van der Waals surface area contributed by atoms with E-state index < -0.39 is 0 Å². The third-order valence-corrected chi connectivity index (χ3v) is 4.02. The fourth-order valence-corrected chi connectivity index (χ4v) is 3.19. The summed E-state index contributed by atoms with van der Waals surface area (Å²) < 4.78 is 0. The molecule has 1 aromatic carbocycles. The number of benzene rings is 1. The van der Waals surface area contributed by atoms with Crippen molar-refractivity contribution in [3.8, 4) is 0 Å². The van der Waals surface area contributed by atoms with Gasteiger partial charge in [-0.1, -0.05) is 24.3 Å². The van der Waals surface area contributed by atoms with Gasteiger partial charge in [0.2, 0.25) is 0 Å². The van der Waals surface area contributed by atoms with Gasteiger partial charge in [-0.3, -0.25) is 4.79 Å². The smallest absolute Gasteiger partial charge is 0.136 e. The predicted octanol–water partition coefficient (Wildman–Crippen LogP) is 2.77. The lowest BCUT2D eigenvalue weighted by molar-refractivity contribution is -0.126. The average molecular weight is 200 g/mol. The van der Waals surface area contributed by atoms with Crippen molar-refractivity contribution in [2.75, 3.05) is 0 Å². The Balaban J connectivity index is 1.95. The highest BCUT2D eigenvalue weighted by atomic mass is 16.1. The van der Waals surface area contributed by atoms with E-state index in [4.69, 9.17) is 0 Å².